The topological polar surface area (TPSA) is 80.8 Å². The number of aryl methyl sites for hydroxylation is 1. The molecule has 182 valence electrons. The van der Waals surface area contributed by atoms with Gasteiger partial charge in [0.05, 0.1) is 35.5 Å². The first-order valence-electron chi connectivity index (χ1n) is 11.9. The van der Waals surface area contributed by atoms with Gasteiger partial charge in [0.2, 0.25) is 0 Å². The van der Waals surface area contributed by atoms with Gasteiger partial charge in [0.25, 0.3) is 0 Å². The van der Waals surface area contributed by atoms with Crippen molar-refractivity contribution in [2.45, 2.75) is 32.9 Å². The number of rotatable bonds is 4. The van der Waals surface area contributed by atoms with Gasteiger partial charge >= 0.3 is 6.09 Å². The van der Waals surface area contributed by atoms with Gasteiger partial charge in [0, 0.05) is 57.1 Å². The maximum Gasteiger partial charge on any atom is 0.410 e. The SMILES string of the molecule is Cn1cc(-c2cn3nccc3c(-c3ccc(CN4CCN(C(=O)OC(C)(C)C)CC4)cc3)n2)cn1. The lowest BCUT2D eigenvalue weighted by molar-refractivity contribution is 0.0139. The van der Waals surface area contributed by atoms with Crippen molar-refractivity contribution in [2.24, 2.45) is 7.05 Å². The van der Waals surface area contributed by atoms with Gasteiger partial charge < -0.3 is 9.64 Å². The minimum Gasteiger partial charge on any atom is -0.444 e. The molecule has 9 nitrogen and oxygen atoms in total. The summed E-state index contributed by atoms with van der Waals surface area (Å²) in [5.74, 6) is 0. The Balaban J connectivity index is 1.28. The van der Waals surface area contributed by atoms with Gasteiger partial charge in [-0.25, -0.2) is 14.3 Å². The molecule has 4 aromatic rings. The Morgan fingerprint density at radius 3 is 2.37 bits per heavy atom. The summed E-state index contributed by atoms with van der Waals surface area (Å²) in [5, 5.41) is 8.71. The van der Waals surface area contributed by atoms with Gasteiger partial charge in [-0.1, -0.05) is 24.3 Å². The smallest absolute Gasteiger partial charge is 0.410 e. The molecular weight excluding hydrogens is 442 g/mol. The Bertz CT molecular complexity index is 1330. The number of carbonyl (C=O) groups is 1. The number of nitrogens with zero attached hydrogens (tertiary/aromatic N) is 7. The molecular formula is C26H31N7O2. The highest BCUT2D eigenvalue weighted by Crippen LogP contribution is 2.27. The molecule has 0 bridgehead atoms. The van der Waals surface area contributed by atoms with Crippen LogP contribution in [0.1, 0.15) is 26.3 Å². The maximum absolute atomic E-state index is 12.3. The summed E-state index contributed by atoms with van der Waals surface area (Å²) in [6, 6.07) is 10.5. The first kappa shape index (κ1) is 23.0. The second-order valence-corrected chi connectivity index (χ2v) is 9.98. The van der Waals surface area contributed by atoms with Crippen molar-refractivity contribution in [1.29, 1.82) is 0 Å². The van der Waals surface area contributed by atoms with Crippen molar-refractivity contribution in [3.05, 3.63) is 60.7 Å². The summed E-state index contributed by atoms with van der Waals surface area (Å²) < 4.78 is 9.13. The fourth-order valence-electron chi connectivity index (χ4n) is 4.27. The van der Waals surface area contributed by atoms with E-state index >= 15 is 0 Å². The number of aromatic nitrogens is 5. The molecule has 0 unspecified atom stereocenters. The van der Waals surface area contributed by atoms with E-state index in [1.54, 1.807) is 15.8 Å². The van der Waals surface area contributed by atoms with Crippen molar-refractivity contribution in [1.82, 2.24) is 34.2 Å². The average molecular weight is 474 g/mol. The standard InChI is InChI=1S/C26H31N7O2/c1-26(2,3)35-25(34)32-13-11-31(12-14-32)16-19-5-7-20(8-6-19)24-23-9-10-27-33(23)18-22(29-24)21-15-28-30(4)17-21/h5-10,15,17-18H,11-14,16H2,1-4H3. The molecule has 0 saturated carbocycles. The van der Waals surface area contributed by atoms with E-state index in [2.05, 4.69) is 39.4 Å². The van der Waals surface area contributed by atoms with Gasteiger partial charge in [-0.15, -0.1) is 0 Å². The van der Waals surface area contributed by atoms with E-state index < -0.39 is 5.60 Å². The maximum atomic E-state index is 12.3. The molecule has 1 amide bonds. The third-order valence-electron chi connectivity index (χ3n) is 6.05. The predicted octanol–water partition coefficient (Wildman–Crippen LogP) is 3.85. The van der Waals surface area contributed by atoms with E-state index in [9.17, 15) is 4.79 Å². The Morgan fingerprint density at radius 2 is 1.71 bits per heavy atom. The zero-order chi connectivity index (χ0) is 24.6. The van der Waals surface area contributed by atoms with Crippen molar-refractivity contribution >= 4 is 11.6 Å². The Kier molecular flexibility index (Phi) is 6.02. The van der Waals surface area contributed by atoms with E-state index in [0.717, 1.165) is 47.7 Å². The van der Waals surface area contributed by atoms with Gasteiger partial charge in [-0.05, 0) is 32.4 Å². The molecule has 35 heavy (non-hydrogen) atoms. The van der Waals surface area contributed by atoms with Crippen LogP contribution < -0.4 is 0 Å². The number of hydrogen-bond donors (Lipinski definition) is 0. The first-order chi connectivity index (χ1) is 16.7. The summed E-state index contributed by atoms with van der Waals surface area (Å²) in [7, 11) is 1.90. The van der Waals surface area contributed by atoms with Crippen LogP contribution in [0.2, 0.25) is 0 Å². The second-order valence-electron chi connectivity index (χ2n) is 9.98. The van der Waals surface area contributed by atoms with E-state index in [0.29, 0.717) is 13.1 Å². The van der Waals surface area contributed by atoms with Crippen molar-refractivity contribution in [3.63, 3.8) is 0 Å². The minimum absolute atomic E-state index is 0.228. The van der Waals surface area contributed by atoms with Crippen LogP contribution in [0.4, 0.5) is 4.79 Å². The number of hydrogen-bond acceptors (Lipinski definition) is 6. The number of piperazine rings is 1. The fraction of sp³-hybridized carbons (Fsp3) is 0.385. The summed E-state index contributed by atoms with van der Waals surface area (Å²) >= 11 is 0. The summed E-state index contributed by atoms with van der Waals surface area (Å²) in [6.07, 6.45) is 7.26. The zero-order valence-electron chi connectivity index (χ0n) is 20.7. The van der Waals surface area contributed by atoms with Gasteiger partial charge in [0.1, 0.15) is 5.60 Å². The van der Waals surface area contributed by atoms with Gasteiger partial charge in [-0.2, -0.15) is 10.2 Å². The molecule has 9 heteroatoms. The number of carbonyl (C=O) groups excluding carboxylic acids is 1. The van der Waals surface area contributed by atoms with Gasteiger partial charge in [0.15, 0.2) is 0 Å². The Morgan fingerprint density at radius 1 is 0.971 bits per heavy atom. The Hall–Kier alpha value is -3.72. The van der Waals surface area contributed by atoms with Crippen LogP contribution in [0, 0.1) is 0 Å². The van der Waals surface area contributed by atoms with Crippen LogP contribution in [0.25, 0.3) is 28.0 Å². The molecule has 1 saturated heterocycles. The van der Waals surface area contributed by atoms with Crippen LogP contribution in [0.15, 0.2) is 55.1 Å². The highest BCUT2D eigenvalue weighted by Gasteiger charge is 2.25. The molecule has 0 atom stereocenters. The number of benzene rings is 1. The lowest BCUT2D eigenvalue weighted by atomic mass is 10.1. The minimum atomic E-state index is -0.467. The number of amides is 1. The fourth-order valence-corrected chi connectivity index (χ4v) is 4.27. The zero-order valence-corrected chi connectivity index (χ0v) is 20.7. The molecule has 0 N–H and O–H groups in total. The van der Waals surface area contributed by atoms with Crippen LogP contribution in [0.3, 0.4) is 0 Å². The molecule has 1 aliphatic rings. The lowest BCUT2D eigenvalue weighted by Crippen LogP contribution is -2.49. The average Bonchev–Trinajstić information content (AvgIpc) is 3.47. The van der Waals surface area contributed by atoms with Crippen molar-refractivity contribution in [3.8, 4) is 22.5 Å². The summed E-state index contributed by atoms with van der Waals surface area (Å²) in [5.41, 5.74) is 5.44. The largest absolute Gasteiger partial charge is 0.444 e. The third kappa shape index (κ3) is 5.19. The third-order valence-corrected chi connectivity index (χ3v) is 6.05. The highest BCUT2D eigenvalue weighted by molar-refractivity contribution is 5.78. The van der Waals surface area contributed by atoms with E-state index in [4.69, 9.17) is 9.72 Å². The van der Waals surface area contributed by atoms with Crippen LogP contribution in [-0.2, 0) is 18.3 Å². The summed E-state index contributed by atoms with van der Waals surface area (Å²) in [4.78, 5) is 21.4. The highest BCUT2D eigenvalue weighted by atomic mass is 16.6. The molecule has 0 radical (unpaired) electrons. The van der Waals surface area contributed by atoms with Gasteiger partial charge in [-0.3, -0.25) is 9.58 Å². The molecule has 1 aliphatic heterocycles. The van der Waals surface area contributed by atoms with E-state index in [-0.39, 0.29) is 6.09 Å². The molecule has 0 spiro atoms. The molecule has 0 aliphatic carbocycles. The van der Waals surface area contributed by atoms with E-state index in [1.807, 2.05) is 57.0 Å². The van der Waals surface area contributed by atoms with Crippen LogP contribution in [0.5, 0.6) is 0 Å². The van der Waals surface area contributed by atoms with Crippen LogP contribution in [-0.4, -0.2) is 72.1 Å². The quantitative estimate of drug-likeness (QED) is 0.448. The monoisotopic (exact) mass is 473 g/mol. The Labute approximate surface area is 204 Å². The molecule has 4 heterocycles. The predicted molar refractivity (Wildman–Crippen MR) is 134 cm³/mol. The number of fused-ring (bicyclic) bond motifs is 1. The molecule has 3 aromatic heterocycles. The van der Waals surface area contributed by atoms with Crippen molar-refractivity contribution < 1.29 is 9.53 Å². The lowest BCUT2D eigenvalue weighted by Gasteiger charge is -2.35. The molecule has 5 rings (SSSR count). The first-order valence-corrected chi connectivity index (χ1v) is 11.9. The van der Waals surface area contributed by atoms with E-state index in [1.165, 1.54) is 5.56 Å². The summed E-state index contributed by atoms with van der Waals surface area (Å²) in [6.45, 7) is 9.54. The number of ether oxygens (including phenoxy) is 1. The molecule has 1 aromatic carbocycles. The van der Waals surface area contributed by atoms with Crippen LogP contribution >= 0.6 is 0 Å². The van der Waals surface area contributed by atoms with Crippen molar-refractivity contribution in [2.75, 3.05) is 26.2 Å². The normalized spacial score (nSPS) is 15.0. The second kappa shape index (κ2) is 9.14. The molecule has 1 fully saturated rings.